The molecule has 3 fully saturated rings. The number of carbonyl (C=O) groups excluding carboxylic acids is 4. The molecule has 9 heteroatoms. The van der Waals surface area contributed by atoms with Crippen LogP contribution >= 0.6 is 0 Å². The van der Waals surface area contributed by atoms with Gasteiger partial charge in [-0.05, 0) is 80.6 Å². The normalized spacial score (nSPS) is 37.7. The minimum Gasteiger partial charge on any atom is -0.434 e. The van der Waals surface area contributed by atoms with E-state index in [9.17, 15) is 24.3 Å². The fraction of sp³-hybridized carbons (Fsp3) is 0.793. The van der Waals surface area contributed by atoms with Crippen molar-refractivity contribution in [1.29, 1.82) is 0 Å². The monoisotopic (exact) mass is 534 g/mol. The Hall–Kier alpha value is -2.42. The van der Waals surface area contributed by atoms with Crippen molar-refractivity contribution in [3.63, 3.8) is 0 Å². The molecule has 0 aliphatic heterocycles. The fourth-order valence-electron chi connectivity index (χ4n) is 8.18. The second kappa shape index (κ2) is 11.0. The number of ketones is 2. The first-order valence-corrected chi connectivity index (χ1v) is 14.1. The third kappa shape index (κ3) is 4.75. The lowest BCUT2D eigenvalue weighted by Gasteiger charge is -2.60. The Balaban J connectivity index is 1.64. The number of aliphatic hydroxyl groups excluding tert-OH is 1. The van der Waals surface area contributed by atoms with Gasteiger partial charge in [-0.1, -0.05) is 33.3 Å². The first kappa shape index (κ1) is 28.6. The Morgan fingerprint density at radius 3 is 2.34 bits per heavy atom. The average molecular weight is 535 g/mol. The molecule has 38 heavy (non-hydrogen) atoms. The number of rotatable bonds is 8. The highest BCUT2D eigenvalue weighted by atomic mass is 16.7. The van der Waals surface area contributed by atoms with Crippen LogP contribution in [0.2, 0.25) is 0 Å². The molecule has 4 aliphatic carbocycles. The van der Waals surface area contributed by atoms with Gasteiger partial charge in [0, 0.05) is 11.8 Å². The second-order valence-corrected chi connectivity index (χ2v) is 12.0. The quantitative estimate of drug-likeness (QED) is 0.432. The summed E-state index contributed by atoms with van der Waals surface area (Å²) >= 11 is 0. The van der Waals surface area contributed by atoms with E-state index in [1.807, 2.05) is 20.8 Å². The van der Waals surface area contributed by atoms with E-state index in [0.29, 0.717) is 32.1 Å². The van der Waals surface area contributed by atoms with Crippen molar-refractivity contribution in [3.8, 4) is 0 Å². The number of allylic oxidation sites excluding steroid dienone is 1. The van der Waals surface area contributed by atoms with E-state index in [1.165, 1.54) is 0 Å². The number of Topliss-reactive ketones (excluding diaryl/α,β-unsaturated/α-hetero) is 1. The summed E-state index contributed by atoms with van der Waals surface area (Å²) in [5.41, 5.74) is -1.63. The van der Waals surface area contributed by atoms with Crippen LogP contribution in [0.5, 0.6) is 0 Å². The lowest BCUT2D eigenvalue weighted by atomic mass is 9.45. The molecule has 0 aromatic carbocycles. The van der Waals surface area contributed by atoms with Crippen LogP contribution in [0, 0.1) is 28.6 Å². The minimum atomic E-state index is -1.60. The molecule has 0 spiro atoms. The van der Waals surface area contributed by atoms with Crippen molar-refractivity contribution in [2.75, 3.05) is 19.8 Å². The predicted octanol–water partition coefficient (Wildman–Crippen LogP) is 4.92. The van der Waals surface area contributed by atoms with E-state index in [2.05, 4.69) is 6.92 Å². The maximum Gasteiger partial charge on any atom is 0.509 e. The van der Waals surface area contributed by atoms with E-state index in [0.717, 1.165) is 18.4 Å². The van der Waals surface area contributed by atoms with Gasteiger partial charge in [0.25, 0.3) is 0 Å². The average Bonchev–Trinajstić information content (AvgIpc) is 3.17. The Morgan fingerprint density at radius 1 is 0.974 bits per heavy atom. The molecule has 0 radical (unpaired) electrons. The standard InChI is InChI=1S/C29H42O9/c1-5-13-35-25(33)37-17-23(32)29(38-26(34)36-14-6-2)12-10-21-20-8-7-18-15-19(30)9-11-27(18,3)24(20)22(31)16-28(21,29)4/h15,20-22,24,31H,5-14,16-17H2,1-4H3/t20-,21-,22-,24+,27-,28-,29-/m0/s1. The number of hydrogen-bond donors (Lipinski definition) is 1. The predicted molar refractivity (Wildman–Crippen MR) is 136 cm³/mol. The lowest BCUT2D eigenvalue weighted by molar-refractivity contribution is -0.187. The molecule has 212 valence electrons. The molecule has 4 aliphatic rings. The maximum absolute atomic E-state index is 13.8. The molecule has 7 atom stereocenters. The Morgan fingerprint density at radius 2 is 1.66 bits per heavy atom. The van der Waals surface area contributed by atoms with Gasteiger partial charge in [-0.25, -0.2) is 9.59 Å². The molecule has 0 aromatic rings. The first-order chi connectivity index (χ1) is 18.0. The Kier molecular flexibility index (Phi) is 8.26. The molecule has 0 aromatic heterocycles. The molecule has 0 saturated heterocycles. The highest BCUT2D eigenvalue weighted by molar-refractivity contribution is 5.93. The van der Waals surface area contributed by atoms with Crippen LogP contribution in [0.25, 0.3) is 0 Å². The van der Waals surface area contributed by atoms with Crippen molar-refractivity contribution in [2.24, 2.45) is 28.6 Å². The number of ether oxygens (including phenoxy) is 4. The van der Waals surface area contributed by atoms with Gasteiger partial charge in [-0.15, -0.1) is 0 Å². The zero-order valence-corrected chi connectivity index (χ0v) is 23.1. The summed E-state index contributed by atoms with van der Waals surface area (Å²) < 4.78 is 21.2. The van der Waals surface area contributed by atoms with Crippen LogP contribution < -0.4 is 0 Å². The smallest absolute Gasteiger partial charge is 0.434 e. The largest absolute Gasteiger partial charge is 0.509 e. The Bertz CT molecular complexity index is 989. The van der Waals surface area contributed by atoms with Crippen molar-refractivity contribution in [3.05, 3.63) is 11.6 Å². The molecule has 0 heterocycles. The SMILES string of the molecule is CCCOC(=O)OCC(=O)[C@@]1(OC(=O)OCCC)CC[C@H]2[C@@H]3CCC4=CC(=O)CC[C@]4(C)[C@H]3[C@@H](O)C[C@@]21C. The minimum absolute atomic E-state index is 0.00173. The molecular weight excluding hydrogens is 492 g/mol. The highest BCUT2D eigenvalue weighted by Gasteiger charge is 2.70. The van der Waals surface area contributed by atoms with Crippen LogP contribution in [0.1, 0.15) is 85.5 Å². The van der Waals surface area contributed by atoms with Crippen LogP contribution in [0.15, 0.2) is 11.6 Å². The summed E-state index contributed by atoms with van der Waals surface area (Å²) in [7, 11) is 0. The molecule has 0 bridgehead atoms. The summed E-state index contributed by atoms with van der Waals surface area (Å²) in [6.07, 6.45) is 4.25. The van der Waals surface area contributed by atoms with E-state index in [4.69, 9.17) is 18.9 Å². The van der Waals surface area contributed by atoms with Crippen molar-refractivity contribution in [1.82, 2.24) is 0 Å². The first-order valence-electron chi connectivity index (χ1n) is 14.1. The van der Waals surface area contributed by atoms with Crippen LogP contribution in [-0.4, -0.2) is 60.5 Å². The Labute approximate surface area is 224 Å². The van der Waals surface area contributed by atoms with Gasteiger partial charge in [0.2, 0.25) is 5.78 Å². The molecular formula is C29H42O9. The number of fused-ring (bicyclic) bond motifs is 5. The van der Waals surface area contributed by atoms with E-state index >= 15 is 0 Å². The number of aliphatic hydroxyl groups is 1. The van der Waals surface area contributed by atoms with Gasteiger partial charge < -0.3 is 24.1 Å². The maximum atomic E-state index is 13.8. The lowest BCUT2D eigenvalue weighted by Crippen LogP contribution is -2.63. The van der Waals surface area contributed by atoms with Crippen LogP contribution in [-0.2, 0) is 28.5 Å². The summed E-state index contributed by atoms with van der Waals surface area (Å²) in [6, 6.07) is 0. The highest BCUT2D eigenvalue weighted by Crippen LogP contribution is 2.68. The number of hydrogen-bond acceptors (Lipinski definition) is 9. The summed E-state index contributed by atoms with van der Waals surface area (Å²) in [5, 5.41) is 11.7. The van der Waals surface area contributed by atoms with E-state index in [1.54, 1.807) is 6.08 Å². The van der Waals surface area contributed by atoms with Gasteiger partial charge in [0.05, 0.1) is 19.3 Å². The third-order valence-corrected chi connectivity index (χ3v) is 9.89. The van der Waals surface area contributed by atoms with Gasteiger partial charge in [-0.2, -0.15) is 0 Å². The molecule has 9 nitrogen and oxygen atoms in total. The molecule has 4 rings (SSSR count). The van der Waals surface area contributed by atoms with Crippen LogP contribution in [0.3, 0.4) is 0 Å². The topological polar surface area (TPSA) is 125 Å². The van der Waals surface area contributed by atoms with Gasteiger partial charge in [0.1, 0.15) is 0 Å². The molecule has 1 N–H and O–H groups in total. The van der Waals surface area contributed by atoms with Gasteiger partial charge >= 0.3 is 12.3 Å². The van der Waals surface area contributed by atoms with Crippen molar-refractivity contribution < 1.29 is 43.2 Å². The van der Waals surface area contributed by atoms with E-state index in [-0.39, 0.29) is 55.0 Å². The molecule has 0 unspecified atom stereocenters. The second-order valence-electron chi connectivity index (χ2n) is 12.0. The summed E-state index contributed by atoms with van der Waals surface area (Å²) in [6.45, 7) is 7.53. The van der Waals surface area contributed by atoms with Gasteiger partial charge in [-0.3, -0.25) is 9.59 Å². The van der Waals surface area contributed by atoms with Gasteiger partial charge in [0.15, 0.2) is 18.0 Å². The van der Waals surface area contributed by atoms with Crippen molar-refractivity contribution >= 4 is 23.9 Å². The summed E-state index contributed by atoms with van der Waals surface area (Å²) in [5.74, 6) is -0.331. The van der Waals surface area contributed by atoms with Crippen molar-refractivity contribution in [2.45, 2.75) is 97.2 Å². The zero-order chi connectivity index (χ0) is 27.7. The fourth-order valence-corrected chi connectivity index (χ4v) is 8.18. The zero-order valence-electron chi connectivity index (χ0n) is 23.1. The number of carbonyl (C=O) groups is 4. The molecule has 3 saturated carbocycles. The molecule has 0 amide bonds. The third-order valence-electron chi connectivity index (χ3n) is 9.89. The van der Waals surface area contributed by atoms with E-state index < -0.39 is 41.8 Å². The van der Waals surface area contributed by atoms with Crippen LogP contribution in [0.4, 0.5) is 9.59 Å². The summed E-state index contributed by atoms with van der Waals surface area (Å²) in [4.78, 5) is 50.7.